The zero-order valence-corrected chi connectivity index (χ0v) is 18.6. The molecule has 1 aromatic heterocycles. The second-order valence-corrected chi connectivity index (χ2v) is 14.1. The number of carboxylic acid groups (broad SMARTS) is 1. The van der Waals surface area contributed by atoms with Gasteiger partial charge in [0.2, 0.25) is 0 Å². The molecule has 2 aromatic rings. The van der Waals surface area contributed by atoms with Crippen molar-refractivity contribution in [2.75, 3.05) is 6.61 Å². The predicted octanol–water partition coefficient (Wildman–Crippen LogP) is 3.95. The topological polar surface area (TPSA) is 90.1 Å². The van der Waals surface area contributed by atoms with Crippen molar-refractivity contribution in [2.45, 2.75) is 64.5 Å². The molecule has 0 aliphatic heterocycles. The maximum absolute atomic E-state index is 14.3. The van der Waals surface area contributed by atoms with Crippen LogP contribution in [-0.4, -0.2) is 46.0 Å². The molecule has 2 rings (SSSR count). The number of aromatic nitrogens is 4. The van der Waals surface area contributed by atoms with Crippen molar-refractivity contribution < 1.29 is 19.0 Å². The number of aliphatic carboxylic acids is 1. The van der Waals surface area contributed by atoms with Crippen molar-refractivity contribution in [3.63, 3.8) is 0 Å². The lowest BCUT2D eigenvalue weighted by Gasteiger charge is -2.23. The summed E-state index contributed by atoms with van der Waals surface area (Å²) in [4.78, 5) is 12.0. The molecule has 0 amide bonds. The van der Waals surface area contributed by atoms with Crippen LogP contribution in [0.1, 0.15) is 37.1 Å². The Morgan fingerprint density at radius 1 is 1.31 bits per heavy atom. The van der Waals surface area contributed by atoms with E-state index in [1.807, 2.05) is 6.92 Å². The average Bonchev–Trinajstić information content (AvgIpc) is 3.10. The van der Waals surface area contributed by atoms with Crippen LogP contribution in [0.25, 0.3) is 0 Å². The van der Waals surface area contributed by atoms with E-state index in [4.69, 9.17) is 4.74 Å². The first kappa shape index (κ1) is 23.1. The maximum atomic E-state index is 14.3. The molecular formula is C20H31FN4O3Si. The summed E-state index contributed by atoms with van der Waals surface area (Å²) in [5.74, 6) is -2.14. The Morgan fingerprint density at radius 2 is 2.03 bits per heavy atom. The number of carbonyl (C=O) groups is 1. The summed E-state index contributed by atoms with van der Waals surface area (Å²) in [5, 5.41) is 21.7. The molecule has 2 atom stereocenters. The number of benzene rings is 1. The largest absolute Gasteiger partial charge is 0.481 e. The third-order valence-electron chi connectivity index (χ3n) is 4.90. The summed E-state index contributed by atoms with van der Waals surface area (Å²) in [7, 11) is -1.22. The highest BCUT2D eigenvalue weighted by molar-refractivity contribution is 6.76. The van der Waals surface area contributed by atoms with Crippen LogP contribution in [-0.2, 0) is 22.7 Å². The van der Waals surface area contributed by atoms with E-state index < -0.39 is 25.9 Å². The monoisotopic (exact) mass is 422 g/mol. The van der Waals surface area contributed by atoms with Crippen molar-refractivity contribution in [2.24, 2.45) is 5.92 Å². The van der Waals surface area contributed by atoms with Gasteiger partial charge in [-0.2, -0.15) is 0 Å². The van der Waals surface area contributed by atoms with Gasteiger partial charge in [-0.05, 0) is 40.9 Å². The summed E-state index contributed by atoms with van der Waals surface area (Å²) in [5.41, 5.74) is 0.453. The molecule has 0 fully saturated rings. The Kier molecular flexibility index (Phi) is 8.45. The van der Waals surface area contributed by atoms with E-state index in [9.17, 15) is 14.3 Å². The van der Waals surface area contributed by atoms with Gasteiger partial charge in [0.05, 0.1) is 5.92 Å². The van der Waals surface area contributed by atoms with Crippen LogP contribution in [0.15, 0.2) is 24.3 Å². The molecule has 1 aromatic carbocycles. The van der Waals surface area contributed by atoms with Crippen LogP contribution in [0.5, 0.6) is 0 Å². The minimum atomic E-state index is -1.22. The van der Waals surface area contributed by atoms with Crippen LogP contribution in [0.3, 0.4) is 0 Å². The SMILES string of the molecule is CCCC(C(=O)O)[C@H](Cc1ccccc1F)c1nnnn1COCC[Si](C)(C)C. The standard InChI is InChI=1S/C20H31FN4O3Si/c1-5-8-16(20(26)27)17(13-15-9-6-7-10-18(15)21)19-22-23-24-25(19)14-28-11-12-29(2,3)4/h6-7,9-10,16-17H,5,8,11-14H2,1-4H3,(H,26,27)/t16?,17-/m0/s1. The van der Waals surface area contributed by atoms with E-state index in [1.54, 1.807) is 18.2 Å². The Bertz CT molecular complexity index is 794. The number of tetrazole rings is 1. The van der Waals surface area contributed by atoms with E-state index in [-0.39, 0.29) is 19.0 Å². The summed E-state index contributed by atoms with van der Waals surface area (Å²) < 4.78 is 21.5. The lowest BCUT2D eigenvalue weighted by Crippen LogP contribution is -2.28. The molecular weight excluding hydrogens is 391 g/mol. The van der Waals surface area contributed by atoms with Gasteiger partial charge < -0.3 is 9.84 Å². The van der Waals surface area contributed by atoms with Crippen LogP contribution < -0.4 is 0 Å². The van der Waals surface area contributed by atoms with Crippen molar-refractivity contribution in [3.8, 4) is 0 Å². The third-order valence-corrected chi connectivity index (χ3v) is 6.61. The van der Waals surface area contributed by atoms with Crippen molar-refractivity contribution in [3.05, 3.63) is 41.5 Å². The highest BCUT2D eigenvalue weighted by Crippen LogP contribution is 2.31. The lowest BCUT2D eigenvalue weighted by molar-refractivity contribution is -0.143. The molecule has 0 aliphatic rings. The number of hydrogen-bond donors (Lipinski definition) is 1. The van der Waals surface area contributed by atoms with Gasteiger partial charge in [-0.1, -0.05) is 51.2 Å². The fourth-order valence-corrected chi connectivity index (χ4v) is 3.98. The molecule has 29 heavy (non-hydrogen) atoms. The molecule has 0 saturated carbocycles. The normalized spacial score (nSPS) is 14.0. The highest BCUT2D eigenvalue weighted by atomic mass is 28.3. The first-order valence-electron chi connectivity index (χ1n) is 10.0. The minimum Gasteiger partial charge on any atom is -0.481 e. The number of halogens is 1. The Labute approximate surface area is 172 Å². The molecule has 160 valence electrons. The van der Waals surface area contributed by atoms with E-state index in [0.717, 1.165) is 6.04 Å². The molecule has 9 heteroatoms. The van der Waals surface area contributed by atoms with E-state index in [1.165, 1.54) is 10.7 Å². The molecule has 0 bridgehead atoms. The van der Waals surface area contributed by atoms with Gasteiger partial charge in [0, 0.05) is 20.6 Å². The first-order chi connectivity index (χ1) is 13.7. The molecule has 1 heterocycles. The number of ether oxygens (including phenoxy) is 1. The van der Waals surface area contributed by atoms with Gasteiger partial charge in [0.25, 0.3) is 0 Å². The first-order valence-corrected chi connectivity index (χ1v) is 13.7. The molecule has 1 unspecified atom stereocenters. The molecule has 7 nitrogen and oxygen atoms in total. The molecule has 0 saturated heterocycles. The molecule has 0 aliphatic carbocycles. The van der Waals surface area contributed by atoms with Gasteiger partial charge in [-0.3, -0.25) is 4.79 Å². The zero-order valence-electron chi connectivity index (χ0n) is 17.6. The van der Waals surface area contributed by atoms with E-state index >= 15 is 0 Å². The molecule has 0 radical (unpaired) electrons. The number of nitrogens with zero attached hydrogens (tertiary/aromatic N) is 4. The Hall–Kier alpha value is -2.13. The van der Waals surface area contributed by atoms with Crippen molar-refractivity contribution >= 4 is 14.0 Å². The number of rotatable bonds is 12. The van der Waals surface area contributed by atoms with Crippen LogP contribution in [0.2, 0.25) is 25.7 Å². The minimum absolute atomic E-state index is 0.152. The van der Waals surface area contributed by atoms with Crippen molar-refractivity contribution in [1.82, 2.24) is 20.2 Å². The molecule has 0 spiro atoms. The summed E-state index contributed by atoms with van der Waals surface area (Å²) in [6.45, 7) is 9.49. The van der Waals surface area contributed by atoms with Gasteiger partial charge in [-0.25, -0.2) is 9.07 Å². The third kappa shape index (κ3) is 7.00. The smallest absolute Gasteiger partial charge is 0.307 e. The van der Waals surface area contributed by atoms with Gasteiger partial charge in [-0.15, -0.1) is 5.10 Å². The van der Waals surface area contributed by atoms with Crippen molar-refractivity contribution in [1.29, 1.82) is 0 Å². The van der Waals surface area contributed by atoms with Crippen LogP contribution >= 0.6 is 0 Å². The lowest BCUT2D eigenvalue weighted by atomic mass is 9.83. The zero-order chi connectivity index (χ0) is 21.4. The predicted molar refractivity (Wildman–Crippen MR) is 111 cm³/mol. The van der Waals surface area contributed by atoms with Gasteiger partial charge in [0.15, 0.2) is 5.82 Å². The summed E-state index contributed by atoms with van der Waals surface area (Å²) in [6.07, 6.45) is 1.36. The Morgan fingerprint density at radius 3 is 2.66 bits per heavy atom. The second-order valence-electron chi connectivity index (χ2n) is 8.52. The summed E-state index contributed by atoms with van der Waals surface area (Å²) >= 11 is 0. The maximum Gasteiger partial charge on any atom is 0.307 e. The number of hydrogen-bond acceptors (Lipinski definition) is 5. The molecule has 1 N–H and O–H groups in total. The quantitative estimate of drug-likeness (QED) is 0.411. The fraction of sp³-hybridized carbons (Fsp3) is 0.600. The summed E-state index contributed by atoms with van der Waals surface area (Å²) in [6, 6.07) is 7.42. The van der Waals surface area contributed by atoms with Gasteiger partial charge >= 0.3 is 5.97 Å². The average molecular weight is 423 g/mol. The van der Waals surface area contributed by atoms with Crippen LogP contribution in [0.4, 0.5) is 4.39 Å². The van der Waals surface area contributed by atoms with Crippen LogP contribution in [0, 0.1) is 11.7 Å². The van der Waals surface area contributed by atoms with E-state index in [0.29, 0.717) is 30.8 Å². The number of carboxylic acids is 1. The van der Waals surface area contributed by atoms with E-state index in [2.05, 4.69) is 35.2 Å². The highest BCUT2D eigenvalue weighted by Gasteiger charge is 2.33. The Balaban J connectivity index is 2.26. The fourth-order valence-electron chi connectivity index (χ4n) is 3.22. The van der Waals surface area contributed by atoms with Gasteiger partial charge in [0.1, 0.15) is 12.5 Å². The second kappa shape index (κ2) is 10.6.